The molecule has 3 heterocycles. The van der Waals surface area contributed by atoms with Crippen LogP contribution in [-0.4, -0.2) is 52.5 Å². The standard InChI is InChI=1S/C26H29NO3.C6H10O3/c1-24(2)23-20(28)13-18-17-9-8-14-12-16-15-6-4-5-7-19(15)27-22(16)21(14)25(17,3)10-11-26(18,29-23)30-24;1-3-9-6(8)5(2)4-7/h4-7,13-14,17,21,23,27H,8-12H2,1-3H3;7H,2-4H2,1H3. The first-order valence-electron chi connectivity index (χ1n) is 14.2. The van der Waals surface area contributed by atoms with Gasteiger partial charge in [-0.05, 0) is 87.0 Å². The summed E-state index contributed by atoms with van der Waals surface area (Å²) >= 11 is 0. The van der Waals surface area contributed by atoms with Crippen LogP contribution in [-0.2, 0) is 30.2 Å². The molecule has 1 saturated heterocycles. The maximum Gasteiger partial charge on any atom is 0.335 e. The van der Waals surface area contributed by atoms with Crippen LogP contribution in [0.4, 0.5) is 0 Å². The number of fused-ring (bicyclic) bond motifs is 9. The van der Waals surface area contributed by atoms with E-state index in [1.54, 1.807) is 6.92 Å². The number of esters is 1. The van der Waals surface area contributed by atoms with Crippen molar-refractivity contribution in [3.63, 3.8) is 0 Å². The fourth-order valence-electron chi connectivity index (χ4n) is 8.28. The molecule has 2 bridgehead atoms. The summed E-state index contributed by atoms with van der Waals surface area (Å²) in [5, 5.41) is 9.73. The molecule has 6 unspecified atom stereocenters. The highest BCUT2D eigenvalue weighted by atomic mass is 16.8. The van der Waals surface area contributed by atoms with Gasteiger partial charge < -0.3 is 24.3 Å². The number of aliphatic hydroxyl groups excluding tert-OH is 1. The lowest BCUT2D eigenvalue weighted by Gasteiger charge is -2.57. The highest BCUT2D eigenvalue weighted by Crippen LogP contribution is 2.68. The molecule has 2 saturated carbocycles. The number of ketones is 1. The third-order valence-electron chi connectivity index (χ3n) is 9.91. The van der Waals surface area contributed by atoms with Crippen LogP contribution in [0, 0.1) is 17.3 Å². The number of carbonyl (C=O) groups excluding carboxylic acids is 2. The number of aromatic nitrogens is 1. The van der Waals surface area contributed by atoms with Gasteiger partial charge in [0.25, 0.3) is 0 Å². The minimum absolute atomic E-state index is 0.0900. The van der Waals surface area contributed by atoms with Crippen molar-refractivity contribution in [1.82, 2.24) is 4.98 Å². The second-order valence-electron chi connectivity index (χ2n) is 12.6. The molecule has 39 heavy (non-hydrogen) atoms. The van der Waals surface area contributed by atoms with E-state index in [-0.39, 0.29) is 23.4 Å². The van der Waals surface area contributed by atoms with Gasteiger partial charge in [-0.2, -0.15) is 0 Å². The van der Waals surface area contributed by atoms with E-state index in [9.17, 15) is 9.59 Å². The lowest BCUT2D eigenvalue weighted by molar-refractivity contribution is -0.199. The zero-order valence-electron chi connectivity index (χ0n) is 23.3. The minimum atomic E-state index is -0.680. The highest BCUT2D eigenvalue weighted by molar-refractivity contribution is 5.97. The summed E-state index contributed by atoms with van der Waals surface area (Å²) in [5.41, 5.74) is 5.04. The van der Waals surface area contributed by atoms with Gasteiger partial charge >= 0.3 is 5.97 Å². The van der Waals surface area contributed by atoms with Gasteiger partial charge in [-0.1, -0.05) is 31.7 Å². The molecule has 7 rings (SSSR count). The number of carbonyl (C=O) groups is 2. The Bertz CT molecular complexity index is 1390. The molecule has 0 radical (unpaired) electrons. The summed E-state index contributed by atoms with van der Waals surface area (Å²) in [4.78, 5) is 27.3. The molecule has 5 aliphatic rings. The number of para-hydroxylation sites is 1. The smallest absolute Gasteiger partial charge is 0.335 e. The minimum Gasteiger partial charge on any atom is -0.463 e. The number of aromatic amines is 1. The first kappa shape index (κ1) is 26.5. The van der Waals surface area contributed by atoms with Crippen LogP contribution in [0.15, 0.2) is 48.1 Å². The summed E-state index contributed by atoms with van der Waals surface area (Å²) in [7, 11) is 0. The zero-order valence-corrected chi connectivity index (χ0v) is 23.3. The van der Waals surface area contributed by atoms with Crippen LogP contribution in [0.2, 0.25) is 0 Å². The fourth-order valence-corrected chi connectivity index (χ4v) is 8.28. The lowest BCUT2D eigenvalue weighted by Crippen LogP contribution is -2.54. The number of H-pyrrole nitrogens is 1. The highest BCUT2D eigenvalue weighted by Gasteiger charge is 2.66. The molecule has 0 amide bonds. The van der Waals surface area contributed by atoms with Gasteiger partial charge in [0, 0.05) is 28.9 Å². The molecule has 1 aromatic carbocycles. The molecule has 208 valence electrons. The van der Waals surface area contributed by atoms with Crippen molar-refractivity contribution < 1.29 is 28.9 Å². The maximum absolute atomic E-state index is 13.0. The van der Waals surface area contributed by atoms with Crippen molar-refractivity contribution in [2.24, 2.45) is 17.3 Å². The van der Waals surface area contributed by atoms with Crippen molar-refractivity contribution in [1.29, 1.82) is 0 Å². The molecule has 2 aromatic rings. The molecule has 7 heteroatoms. The molecule has 1 spiro atoms. The van der Waals surface area contributed by atoms with Crippen molar-refractivity contribution in [3.8, 4) is 0 Å². The molecule has 1 aromatic heterocycles. The van der Waals surface area contributed by atoms with Gasteiger partial charge in [0.05, 0.1) is 18.8 Å². The summed E-state index contributed by atoms with van der Waals surface area (Å²) in [6.07, 6.45) is 6.88. The van der Waals surface area contributed by atoms with E-state index in [0.29, 0.717) is 24.4 Å². The predicted octanol–water partition coefficient (Wildman–Crippen LogP) is 5.13. The predicted molar refractivity (Wildman–Crippen MR) is 147 cm³/mol. The lowest BCUT2D eigenvalue weighted by atomic mass is 9.50. The van der Waals surface area contributed by atoms with Crippen LogP contribution in [0.5, 0.6) is 0 Å². The Morgan fingerprint density at radius 2 is 1.97 bits per heavy atom. The number of ether oxygens (including phenoxy) is 3. The van der Waals surface area contributed by atoms with Crippen LogP contribution in [0.1, 0.15) is 70.6 Å². The van der Waals surface area contributed by atoms with Gasteiger partial charge in [0.1, 0.15) is 5.60 Å². The van der Waals surface area contributed by atoms with Crippen molar-refractivity contribution in [2.45, 2.75) is 83.2 Å². The molecule has 2 aliphatic heterocycles. The molecule has 7 nitrogen and oxygen atoms in total. The molecular weight excluding hydrogens is 494 g/mol. The Balaban J connectivity index is 0.000000268. The molecule has 3 aliphatic carbocycles. The average molecular weight is 534 g/mol. The second kappa shape index (κ2) is 9.15. The molecule has 3 fully saturated rings. The van der Waals surface area contributed by atoms with E-state index in [4.69, 9.17) is 14.6 Å². The number of benzene rings is 1. The number of hydrogen-bond donors (Lipinski definition) is 2. The summed E-state index contributed by atoms with van der Waals surface area (Å²) in [6, 6.07) is 8.74. The van der Waals surface area contributed by atoms with E-state index in [0.717, 1.165) is 24.8 Å². The summed E-state index contributed by atoms with van der Waals surface area (Å²) < 4.78 is 17.4. The first-order valence-corrected chi connectivity index (χ1v) is 14.2. The van der Waals surface area contributed by atoms with Gasteiger partial charge in [-0.15, -0.1) is 0 Å². The molecule has 2 N–H and O–H groups in total. The third-order valence-corrected chi connectivity index (χ3v) is 9.91. The van der Waals surface area contributed by atoms with Gasteiger partial charge in [0.15, 0.2) is 17.7 Å². The Morgan fingerprint density at radius 3 is 2.72 bits per heavy atom. The van der Waals surface area contributed by atoms with E-state index in [1.165, 1.54) is 35.0 Å². The Morgan fingerprint density at radius 1 is 1.21 bits per heavy atom. The Hall–Kier alpha value is -2.74. The van der Waals surface area contributed by atoms with E-state index >= 15 is 0 Å². The van der Waals surface area contributed by atoms with Crippen LogP contribution < -0.4 is 0 Å². The summed E-state index contributed by atoms with van der Waals surface area (Å²) in [6.45, 7) is 11.4. The monoisotopic (exact) mass is 533 g/mol. The van der Waals surface area contributed by atoms with E-state index in [1.807, 2.05) is 19.9 Å². The first-order chi connectivity index (χ1) is 18.5. The Kier molecular flexibility index (Phi) is 6.21. The fraction of sp³-hybridized carbons (Fsp3) is 0.562. The van der Waals surface area contributed by atoms with Crippen molar-refractivity contribution in [2.75, 3.05) is 13.2 Å². The maximum atomic E-state index is 13.0. The largest absolute Gasteiger partial charge is 0.463 e. The van der Waals surface area contributed by atoms with Crippen LogP contribution in [0.3, 0.4) is 0 Å². The van der Waals surface area contributed by atoms with Gasteiger partial charge in [0.2, 0.25) is 0 Å². The topological polar surface area (TPSA) is 97.9 Å². The average Bonchev–Trinajstić information content (AvgIpc) is 3.52. The number of aliphatic hydroxyl groups is 1. The number of nitrogens with one attached hydrogen (secondary N) is 1. The second-order valence-corrected chi connectivity index (χ2v) is 12.6. The normalized spacial score (nSPS) is 35.1. The van der Waals surface area contributed by atoms with Gasteiger partial charge in [-0.25, -0.2) is 4.79 Å². The van der Waals surface area contributed by atoms with E-state index in [2.05, 4.69) is 47.5 Å². The van der Waals surface area contributed by atoms with Crippen molar-refractivity contribution in [3.05, 3.63) is 59.3 Å². The summed E-state index contributed by atoms with van der Waals surface area (Å²) in [5.74, 6) is 0.428. The molecule has 6 atom stereocenters. The number of hydrogen-bond acceptors (Lipinski definition) is 6. The van der Waals surface area contributed by atoms with E-state index < -0.39 is 23.5 Å². The van der Waals surface area contributed by atoms with Gasteiger partial charge in [-0.3, -0.25) is 4.79 Å². The third kappa shape index (κ3) is 3.88. The molecular formula is C32H39NO6. The quantitative estimate of drug-likeness (QED) is 0.419. The number of rotatable bonds is 3. The Labute approximate surface area is 229 Å². The zero-order chi connectivity index (χ0) is 27.7. The van der Waals surface area contributed by atoms with Crippen molar-refractivity contribution >= 4 is 22.7 Å². The van der Waals surface area contributed by atoms with Crippen LogP contribution >= 0.6 is 0 Å². The van der Waals surface area contributed by atoms with Crippen LogP contribution in [0.25, 0.3) is 10.9 Å². The SMILES string of the molecule is C=C(CO)C(=O)OCC.CC1(C)OC23CCC4(C)C(CCC5Cc6c([nH]c7ccccc67)C54)C2=CC(=O)C1O3.